The van der Waals surface area contributed by atoms with Crippen LogP contribution in [0.4, 0.5) is 5.69 Å². The number of aliphatic hydroxyl groups is 1. The second kappa shape index (κ2) is 4.75. The van der Waals surface area contributed by atoms with Crippen LogP contribution in [0.2, 0.25) is 0 Å². The van der Waals surface area contributed by atoms with Gasteiger partial charge in [-0.1, -0.05) is 12.1 Å². The van der Waals surface area contributed by atoms with Crippen LogP contribution in [0.15, 0.2) is 29.6 Å². The summed E-state index contributed by atoms with van der Waals surface area (Å²) in [4.78, 5) is 17.8. The molecular weight excluding hydrogens is 260 g/mol. The Morgan fingerprint density at radius 2 is 2.11 bits per heavy atom. The lowest BCUT2D eigenvalue weighted by Gasteiger charge is -2.15. The van der Waals surface area contributed by atoms with Gasteiger partial charge >= 0.3 is 0 Å². The van der Waals surface area contributed by atoms with Gasteiger partial charge in [-0.15, -0.1) is 11.3 Å². The first-order valence-corrected chi connectivity index (χ1v) is 7.02. The molecule has 0 aliphatic carbocycles. The Labute approximate surface area is 115 Å². The Bertz CT molecular complexity index is 606. The third-order valence-electron chi connectivity index (χ3n) is 3.20. The summed E-state index contributed by atoms with van der Waals surface area (Å²) < 4.78 is 0. The summed E-state index contributed by atoms with van der Waals surface area (Å²) in [5, 5.41) is 12.6. The number of β-amino-alcohol motifs (C(OH)–C–C–N with tert-alkyl or cyclic N) is 1. The molecule has 5 heteroatoms. The molecule has 1 fully saturated rings. The number of thiazole rings is 1. The molecule has 0 radical (unpaired) electrons. The SMILES string of the molecule is Cc1nc(-c2ccc(N3CC(O)CC3=O)cc2)cs1. The van der Waals surface area contributed by atoms with E-state index < -0.39 is 6.10 Å². The molecule has 3 rings (SSSR count). The van der Waals surface area contributed by atoms with Gasteiger partial charge in [-0.3, -0.25) is 4.79 Å². The number of hydrogen-bond acceptors (Lipinski definition) is 4. The van der Waals surface area contributed by atoms with Crippen LogP contribution >= 0.6 is 11.3 Å². The van der Waals surface area contributed by atoms with Gasteiger partial charge in [0.05, 0.1) is 29.8 Å². The molecule has 0 spiro atoms. The van der Waals surface area contributed by atoms with Gasteiger partial charge in [0, 0.05) is 16.6 Å². The summed E-state index contributed by atoms with van der Waals surface area (Å²) >= 11 is 1.62. The van der Waals surface area contributed by atoms with Gasteiger partial charge in [0.15, 0.2) is 0 Å². The first-order valence-electron chi connectivity index (χ1n) is 6.14. The molecule has 1 amide bonds. The summed E-state index contributed by atoms with van der Waals surface area (Å²) in [6, 6.07) is 7.73. The lowest BCUT2D eigenvalue weighted by Crippen LogP contribution is -2.25. The van der Waals surface area contributed by atoms with Crippen molar-refractivity contribution in [1.29, 1.82) is 0 Å². The van der Waals surface area contributed by atoms with Crippen molar-refractivity contribution >= 4 is 22.9 Å². The average molecular weight is 274 g/mol. The van der Waals surface area contributed by atoms with E-state index in [9.17, 15) is 9.90 Å². The molecule has 0 saturated carbocycles. The van der Waals surface area contributed by atoms with Crippen molar-refractivity contribution in [3.8, 4) is 11.3 Å². The van der Waals surface area contributed by atoms with E-state index in [2.05, 4.69) is 4.98 Å². The molecule has 1 aromatic carbocycles. The van der Waals surface area contributed by atoms with Crippen LogP contribution in [-0.4, -0.2) is 28.6 Å². The molecule has 19 heavy (non-hydrogen) atoms. The van der Waals surface area contributed by atoms with Crippen molar-refractivity contribution in [2.24, 2.45) is 0 Å². The molecule has 4 nitrogen and oxygen atoms in total. The Morgan fingerprint density at radius 3 is 2.63 bits per heavy atom. The summed E-state index contributed by atoms with van der Waals surface area (Å²) in [6.45, 7) is 2.36. The second-order valence-electron chi connectivity index (χ2n) is 4.66. The maximum atomic E-state index is 11.7. The molecule has 1 N–H and O–H groups in total. The Morgan fingerprint density at radius 1 is 1.37 bits per heavy atom. The van der Waals surface area contributed by atoms with Crippen molar-refractivity contribution in [2.45, 2.75) is 19.4 Å². The van der Waals surface area contributed by atoms with E-state index in [0.29, 0.717) is 6.54 Å². The van der Waals surface area contributed by atoms with Crippen molar-refractivity contribution in [3.63, 3.8) is 0 Å². The van der Waals surface area contributed by atoms with Crippen molar-refractivity contribution in [3.05, 3.63) is 34.7 Å². The molecule has 1 aliphatic heterocycles. The number of aryl methyl sites for hydroxylation is 1. The van der Waals surface area contributed by atoms with Crippen LogP contribution in [0.3, 0.4) is 0 Å². The molecule has 2 aromatic rings. The fourth-order valence-electron chi connectivity index (χ4n) is 2.25. The van der Waals surface area contributed by atoms with Crippen molar-refractivity contribution < 1.29 is 9.90 Å². The molecule has 1 saturated heterocycles. The largest absolute Gasteiger partial charge is 0.391 e. The number of hydrogen-bond donors (Lipinski definition) is 1. The highest BCUT2D eigenvalue weighted by atomic mass is 32.1. The lowest BCUT2D eigenvalue weighted by molar-refractivity contribution is -0.117. The summed E-state index contributed by atoms with van der Waals surface area (Å²) in [6.07, 6.45) is -0.332. The van der Waals surface area contributed by atoms with E-state index in [1.165, 1.54) is 0 Å². The van der Waals surface area contributed by atoms with Crippen LogP contribution in [0, 0.1) is 6.92 Å². The normalized spacial score (nSPS) is 19.2. The first kappa shape index (κ1) is 12.3. The molecular formula is C14H14N2O2S. The lowest BCUT2D eigenvalue weighted by atomic mass is 10.1. The minimum atomic E-state index is -0.548. The number of rotatable bonds is 2. The van der Waals surface area contributed by atoms with Gasteiger partial charge in [0.25, 0.3) is 0 Å². The topological polar surface area (TPSA) is 53.4 Å². The fourth-order valence-corrected chi connectivity index (χ4v) is 2.87. The smallest absolute Gasteiger partial charge is 0.229 e. The van der Waals surface area contributed by atoms with E-state index in [4.69, 9.17) is 0 Å². The number of carbonyl (C=O) groups excluding carboxylic acids is 1. The number of benzene rings is 1. The van der Waals surface area contributed by atoms with Crippen LogP contribution in [0.5, 0.6) is 0 Å². The zero-order valence-corrected chi connectivity index (χ0v) is 11.4. The third-order valence-corrected chi connectivity index (χ3v) is 3.97. The highest BCUT2D eigenvalue weighted by Crippen LogP contribution is 2.26. The molecule has 1 aliphatic rings. The van der Waals surface area contributed by atoms with Gasteiger partial charge in [-0.2, -0.15) is 0 Å². The molecule has 1 aromatic heterocycles. The van der Waals surface area contributed by atoms with Gasteiger partial charge in [-0.25, -0.2) is 4.98 Å². The highest BCUT2D eigenvalue weighted by molar-refractivity contribution is 7.09. The highest BCUT2D eigenvalue weighted by Gasteiger charge is 2.28. The van der Waals surface area contributed by atoms with Gasteiger partial charge in [0.1, 0.15) is 0 Å². The maximum absolute atomic E-state index is 11.7. The zero-order chi connectivity index (χ0) is 13.4. The Kier molecular flexibility index (Phi) is 3.08. The number of aromatic nitrogens is 1. The first-order chi connectivity index (χ1) is 9.13. The third kappa shape index (κ3) is 2.39. The summed E-state index contributed by atoms with van der Waals surface area (Å²) in [5.74, 6) is -0.0234. The zero-order valence-electron chi connectivity index (χ0n) is 10.5. The van der Waals surface area contributed by atoms with E-state index in [0.717, 1.165) is 22.0 Å². The van der Waals surface area contributed by atoms with Crippen molar-refractivity contribution in [2.75, 3.05) is 11.4 Å². The van der Waals surface area contributed by atoms with Gasteiger partial charge < -0.3 is 10.0 Å². The number of anilines is 1. The second-order valence-corrected chi connectivity index (χ2v) is 5.72. The monoisotopic (exact) mass is 274 g/mol. The maximum Gasteiger partial charge on any atom is 0.229 e. The molecule has 98 valence electrons. The quantitative estimate of drug-likeness (QED) is 0.913. The number of amides is 1. The van der Waals surface area contributed by atoms with E-state index in [1.54, 1.807) is 16.2 Å². The van der Waals surface area contributed by atoms with Crippen LogP contribution < -0.4 is 4.90 Å². The number of carbonyl (C=O) groups is 1. The number of aliphatic hydroxyl groups excluding tert-OH is 1. The predicted octanol–water partition coefficient (Wildman–Crippen LogP) is 2.22. The standard InChI is InChI=1S/C14H14N2O2S/c1-9-15-13(8-19-9)10-2-4-11(5-3-10)16-7-12(17)6-14(16)18/h2-5,8,12,17H,6-7H2,1H3. The fraction of sp³-hybridized carbons (Fsp3) is 0.286. The van der Waals surface area contributed by atoms with Gasteiger partial charge in [-0.05, 0) is 19.1 Å². The van der Waals surface area contributed by atoms with Crippen LogP contribution in [-0.2, 0) is 4.79 Å². The molecule has 1 unspecified atom stereocenters. The number of nitrogens with zero attached hydrogens (tertiary/aromatic N) is 2. The van der Waals surface area contributed by atoms with Gasteiger partial charge in [0.2, 0.25) is 5.91 Å². The minimum absolute atomic E-state index is 0.0234. The molecule has 0 bridgehead atoms. The van der Waals surface area contributed by atoms with Crippen LogP contribution in [0.1, 0.15) is 11.4 Å². The Hall–Kier alpha value is -1.72. The predicted molar refractivity (Wildman–Crippen MR) is 75.3 cm³/mol. The van der Waals surface area contributed by atoms with E-state index >= 15 is 0 Å². The Balaban J connectivity index is 1.85. The van der Waals surface area contributed by atoms with Crippen molar-refractivity contribution in [1.82, 2.24) is 4.98 Å². The van der Waals surface area contributed by atoms with E-state index in [-0.39, 0.29) is 12.3 Å². The summed E-state index contributed by atoms with van der Waals surface area (Å²) in [7, 11) is 0. The average Bonchev–Trinajstić information content (AvgIpc) is 2.96. The summed E-state index contributed by atoms with van der Waals surface area (Å²) in [5.41, 5.74) is 2.83. The molecule has 1 atom stereocenters. The van der Waals surface area contributed by atoms with E-state index in [1.807, 2.05) is 36.6 Å². The minimum Gasteiger partial charge on any atom is -0.391 e. The molecule has 2 heterocycles. The van der Waals surface area contributed by atoms with Crippen LogP contribution in [0.25, 0.3) is 11.3 Å².